The molecule has 0 saturated carbocycles. The fourth-order valence-electron chi connectivity index (χ4n) is 2.54. The molecule has 2 unspecified atom stereocenters. The van der Waals surface area contributed by atoms with Gasteiger partial charge in [0.25, 0.3) is 5.91 Å². The van der Waals surface area contributed by atoms with Gasteiger partial charge >= 0.3 is 0 Å². The van der Waals surface area contributed by atoms with Gasteiger partial charge in [0.2, 0.25) is 0 Å². The van der Waals surface area contributed by atoms with Gasteiger partial charge in [-0.3, -0.25) is 4.79 Å². The molecule has 1 fully saturated rings. The number of hydrogen-bond donors (Lipinski definition) is 2. The van der Waals surface area contributed by atoms with Crippen LogP contribution in [0.1, 0.15) is 30.1 Å². The van der Waals surface area contributed by atoms with E-state index in [9.17, 15) is 4.79 Å². The first kappa shape index (κ1) is 13.9. The molecule has 1 amide bonds. The molecule has 2 atom stereocenters. The van der Waals surface area contributed by atoms with E-state index in [1.165, 1.54) is 12.8 Å². The molecule has 0 aromatic heterocycles. The third-order valence-electron chi connectivity index (χ3n) is 3.75. The number of amides is 1. The number of hydrogen-bond acceptors (Lipinski definition) is 3. The van der Waals surface area contributed by atoms with Crippen molar-refractivity contribution in [3.63, 3.8) is 0 Å². The number of benzene rings is 1. The van der Waals surface area contributed by atoms with E-state index in [-0.39, 0.29) is 11.9 Å². The van der Waals surface area contributed by atoms with Crippen LogP contribution in [-0.2, 0) is 0 Å². The Morgan fingerprint density at radius 1 is 1.47 bits per heavy atom. The Morgan fingerprint density at radius 2 is 2.26 bits per heavy atom. The molecule has 2 rings (SSSR count). The summed E-state index contributed by atoms with van der Waals surface area (Å²) in [4.78, 5) is 12.3. The van der Waals surface area contributed by atoms with Crippen LogP contribution >= 0.6 is 0 Å². The van der Waals surface area contributed by atoms with Crippen LogP contribution in [-0.4, -0.2) is 32.1 Å². The van der Waals surface area contributed by atoms with Crippen LogP contribution in [0.15, 0.2) is 24.3 Å². The molecular formula is C15H22N2O2. The molecule has 1 aromatic carbocycles. The summed E-state index contributed by atoms with van der Waals surface area (Å²) in [5.74, 6) is 1.07. The first-order valence-corrected chi connectivity index (χ1v) is 6.87. The summed E-state index contributed by atoms with van der Waals surface area (Å²) in [5.41, 5.74) is 0.598. The topological polar surface area (TPSA) is 50.4 Å². The molecule has 4 heteroatoms. The van der Waals surface area contributed by atoms with Gasteiger partial charge in [-0.2, -0.15) is 0 Å². The van der Waals surface area contributed by atoms with Crippen LogP contribution < -0.4 is 15.4 Å². The van der Waals surface area contributed by atoms with Crippen molar-refractivity contribution in [2.24, 2.45) is 5.92 Å². The first-order chi connectivity index (χ1) is 9.22. The lowest BCUT2D eigenvalue weighted by Crippen LogP contribution is -2.44. The van der Waals surface area contributed by atoms with Crippen LogP contribution in [0.2, 0.25) is 0 Å². The molecule has 1 heterocycles. The molecule has 0 aliphatic carbocycles. The van der Waals surface area contributed by atoms with Gasteiger partial charge in [0.15, 0.2) is 0 Å². The van der Waals surface area contributed by atoms with E-state index >= 15 is 0 Å². The molecule has 104 valence electrons. The fourth-order valence-corrected chi connectivity index (χ4v) is 2.54. The monoisotopic (exact) mass is 262 g/mol. The number of para-hydroxylation sites is 1. The van der Waals surface area contributed by atoms with Crippen molar-refractivity contribution in [3.05, 3.63) is 29.8 Å². The predicted molar refractivity (Wildman–Crippen MR) is 75.5 cm³/mol. The van der Waals surface area contributed by atoms with Crippen molar-refractivity contribution in [1.82, 2.24) is 10.6 Å². The smallest absolute Gasteiger partial charge is 0.255 e. The Hall–Kier alpha value is -1.55. The zero-order chi connectivity index (χ0) is 13.7. The molecule has 1 saturated heterocycles. The van der Waals surface area contributed by atoms with Gasteiger partial charge in [0, 0.05) is 6.04 Å². The molecule has 4 nitrogen and oxygen atoms in total. The second kappa shape index (κ2) is 6.57. The van der Waals surface area contributed by atoms with Gasteiger partial charge in [0.05, 0.1) is 12.7 Å². The quantitative estimate of drug-likeness (QED) is 0.870. The highest BCUT2D eigenvalue weighted by molar-refractivity contribution is 5.97. The summed E-state index contributed by atoms with van der Waals surface area (Å²) >= 11 is 0. The molecule has 0 bridgehead atoms. The maximum absolute atomic E-state index is 12.3. The number of methoxy groups -OCH3 is 1. The molecule has 0 radical (unpaired) electrons. The molecule has 2 N–H and O–H groups in total. The minimum atomic E-state index is -0.0597. The highest BCUT2D eigenvalue weighted by atomic mass is 16.5. The minimum absolute atomic E-state index is 0.0597. The van der Waals surface area contributed by atoms with Gasteiger partial charge < -0.3 is 15.4 Å². The zero-order valence-corrected chi connectivity index (χ0v) is 11.6. The molecular weight excluding hydrogens is 240 g/mol. The van der Waals surface area contributed by atoms with Gasteiger partial charge in [-0.15, -0.1) is 0 Å². The fraction of sp³-hybridized carbons (Fsp3) is 0.533. The van der Waals surface area contributed by atoms with Crippen LogP contribution in [0.25, 0.3) is 0 Å². The third kappa shape index (κ3) is 3.47. The van der Waals surface area contributed by atoms with Crippen molar-refractivity contribution in [2.75, 3.05) is 20.2 Å². The van der Waals surface area contributed by atoms with Crippen molar-refractivity contribution < 1.29 is 9.53 Å². The third-order valence-corrected chi connectivity index (χ3v) is 3.75. The lowest BCUT2D eigenvalue weighted by Gasteiger charge is -2.29. The first-order valence-electron chi connectivity index (χ1n) is 6.87. The molecule has 19 heavy (non-hydrogen) atoms. The van der Waals surface area contributed by atoms with Crippen molar-refractivity contribution in [1.29, 1.82) is 0 Å². The number of carbonyl (C=O) groups excluding carboxylic acids is 1. The number of rotatable bonds is 4. The maximum atomic E-state index is 12.3. The highest BCUT2D eigenvalue weighted by Crippen LogP contribution is 2.19. The van der Waals surface area contributed by atoms with E-state index < -0.39 is 0 Å². The van der Waals surface area contributed by atoms with Crippen molar-refractivity contribution in [2.45, 2.75) is 25.8 Å². The Kier molecular flexibility index (Phi) is 4.80. The lowest BCUT2D eigenvalue weighted by molar-refractivity contribution is 0.0919. The van der Waals surface area contributed by atoms with Crippen LogP contribution in [0.5, 0.6) is 5.75 Å². The summed E-state index contributed by atoms with van der Waals surface area (Å²) in [5, 5.41) is 6.46. The second-order valence-electron chi connectivity index (χ2n) is 5.07. The molecule has 1 aliphatic heterocycles. The van der Waals surface area contributed by atoms with E-state index in [1.54, 1.807) is 13.2 Å². The predicted octanol–water partition coefficient (Wildman–Crippen LogP) is 1.81. The number of carbonyl (C=O) groups is 1. The van der Waals surface area contributed by atoms with E-state index in [0.29, 0.717) is 17.2 Å². The van der Waals surface area contributed by atoms with Crippen LogP contribution in [0.3, 0.4) is 0 Å². The van der Waals surface area contributed by atoms with E-state index in [4.69, 9.17) is 4.74 Å². The SMILES string of the molecule is COc1ccccc1C(=O)NC(C)C1CCCNC1. The van der Waals surface area contributed by atoms with Crippen molar-refractivity contribution in [3.8, 4) is 5.75 Å². The normalized spacial score (nSPS) is 20.6. The Bertz CT molecular complexity index is 428. The molecule has 1 aliphatic rings. The summed E-state index contributed by atoms with van der Waals surface area (Å²) < 4.78 is 5.22. The summed E-state index contributed by atoms with van der Waals surface area (Å²) in [7, 11) is 1.58. The zero-order valence-electron chi connectivity index (χ0n) is 11.6. The standard InChI is InChI=1S/C15H22N2O2/c1-11(12-6-5-9-16-10-12)17-15(18)13-7-3-4-8-14(13)19-2/h3-4,7-8,11-12,16H,5-6,9-10H2,1-2H3,(H,17,18). The van der Waals surface area contributed by atoms with Crippen LogP contribution in [0.4, 0.5) is 0 Å². The van der Waals surface area contributed by atoms with Gasteiger partial charge in [-0.1, -0.05) is 12.1 Å². The second-order valence-corrected chi connectivity index (χ2v) is 5.07. The van der Waals surface area contributed by atoms with E-state index in [2.05, 4.69) is 17.6 Å². The summed E-state index contributed by atoms with van der Waals surface area (Å²) in [6, 6.07) is 7.49. The summed E-state index contributed by atoms with van der Waals surface area (Å²) in [6.07, 6.45) is 2.35. The van der Waals surface area contributed by atoms with Crippen LogP contribution in [0, 0.1) is 5.92 Å². The highest BCUT2D eigenvalue weighted by Gasteiger charge is 2.22. The Balaban J connectivity index is 1.99. The van der Waals surface area contributed by atoms with E-state index in [0.717, 1.165) is 13.1 Å². The average molecular weight is 262 g/mol. The lowest BCUT2D eigenvalue weighted by atomic mass is 9.92. The van der Waals surface area contributed by atoms with Gasteiger partial charge in [0.1, 0.15) is 5.75 Å². The van der Waals surface area contributed by atoms with Gasteiger partial charge in [-0.05, 0) is 50.9 Å². The average Bonchev–Trinajstić information content (AvgIpc) is 2.48. The van der Waals surface area contributed by atoms with E-state index in [1.807, 2.05) is 18.2 Å². The Labute approximate surface area is 114 Å². The van der Waals surface area contributed by atoms with Gasteiger partial charge in [-0.25, -0.2) is 0 Å². The molecule has 0 spiro atoms. The summed E-state index contributed by atoms with van der Waals surface area (Å²) in [6.45, 7) is 4.14. The number of nitrogens with one attached hydrogen (secondary N) is 2. The Morgan fingerprint density at radius 3 is 2.95 bits per heavy atom. The minimum Gasteiger partial charge on any atom is -0.496 e. The molecule has 1 aromatic rings. The maximum Gasteiger partial charge on any atom is 0.255 e. The number of piperidine rings is 1. The van der Waals surface area contributed by atoms with Crippen molar-refractivity contribution >= 4 is 5.91 Å². The largest absolute Gasteiger partial charge is 0.496 e. The number of ether oxygens (including phenoxy) is 1.